The summed E-state index contributed by atoms with van der Waals surface area (Å²) in [6, 6.07) is 12.2. The molecule has 0 saturated heterocycles. The summed E-state index contributed by atoms with van der Waals surface area (Å²) in [5.74, 6) is -0.187. The fourth-order valence-electron chi connectivity index (χ4n) is 4.33. The lowest BCUT2D eigenvalue weighted by Crippen LogP contribution is -2.58. The van der Waals surface area contributed by atoms with Gasteiger partial charge in [0.15, 0.2) is 8.32 Å². The van der Waals surface area contributed by atoms with Crippen LogP contribution in [0.5, 0.6) is 5.75 Å². The van der Waals surface area contributed by atoms with Crippen molar-refractivity contribution in [3.63, 3.8) is 0 Å². The Kier molecular flexibility index (Phi) is 10.7. The van der Waals surface area contributed by atoms with Gasteiger partial charge in [-0.05, 0) is 53.9 Å². The Bertz CT molecular complexity index is 1360. The summed E-state index contributed by atoms with van der Waals surface area (Å²) >= 11 is 3.37. The van der Waals surface area contributed by atoms with Crippen LogP contribution in [0.1, 0.15) is 42.3 Å². The maximum absolute atomic E-state index is 13.4. The zero-order valence-electron chi connectivity index (χ0n) is 24.3. The van der Waals surface area contributed by atoms with Crippen molar-refractivity contribution in [1.82, 2.24) is 10.2 Å². The third-order valence-corrected chi connectivity index (χ3v) is 13.1. The average Bonchev–Trinajstić information content (AvgIpc) is 2.87. The van der Waals surface area contributed by atoms with E-state index < -0.39 is 42.6 Å². The maximum Gasteiger partial charge on any atom is 0.407 e. The lowest BCUT2D eigenvalue weighted by Gasteiger charge is -2.45. The van der Waals surface area contributed by atoms with E-state index in [1.165, 1.54) is 4.90 Å². The number of halogens is 1. The van der Waals surface area contributed by atoms with Crippen LogP contribution in [-0.2, 0) is 31.7 Å². The molecule has 2 aromatic rings. The number of hydrogen-bond donors (Lipinski definition) is 2. The van der Waals surface area contributed by atoms with E-state index >= 15 is 0 Å². The monoisotopic (exact) mass is 670 g/mol. The van der Waals surface area contributed by atoms with Crippen molar-refractivity contribution < 1.29 is 36.5 Å². The van der Waals surface area contributed by atoms with Crippen LogP contribution in [0.4, 0.5) is 4.79 Å². The number of fused-ring (bicyclic) bond motifs is 1. The van der Waals surface area contributed by atoms with Gasteiger partial charge in [-0.25, -0.2) is 4.79 Å². The lowest BCUT2D eigenvalue weighted by atomic mass is 9.91. The molecular formula is C28H39BrN2O8SSi. The summed E-state index contributed by atoms with van der Waals surface area (Å²) in [5.41, 5.74) is 2.26. The Morgan fingerprint density at radius 3 is 2.41 bits per heavy atom. The number of benzene rings is 2. The number of carbonyl (C=O) groups excluding carboxylic acids is 1. The highest BCUT2D eigenvalue weighted by Crippen LogP contribution is 2.39. The van der Waals surface area contributed by atoms with Crippen molar-refractivity contribution >= 4 is 46.4 Å². The van der Waals surface area contributed by atoms with Crippen LogP contribution in [0.2, 0.25) is 18.1 Å². The van der Waals surface area contributed by atoms with E-state index in [1.54, 1.807) is 18.2 Å². The summed E-state index contributed by atoms with van der Waals surface area (Å²) in [4.78, 5) is 27.2. The van der Waals surface area contributed by atoms with Gasteiger partial charge in [0.05, 0.1) is 24.0 Å². The molecule has 0 spiro atoms. The highest BCUT2D eigenvalue weighted by Gasteiger charge is 2.44. The molecule has 0 aromatic heterocycles. The van der Waals surface area contributed by atoms with Gasteiger partial charge in [0.25, 0.3) is 16.0 Å². The largest absolute Gasteiger partial charge is 0.490 e. The van der Waals surface area contributed by atoms with Gasteiger partial charge in [0.2, 0.25) is 0 Å². The zero-order valence-corrected chi connectivity index (χ0v) is 27.7. The molecule has 226 valence electrons. The van der Waals surface area contributed by atoms with E-state index in [9.17, 15) is 23.1 Å². The Balaban J connectivity index is 1.86. The molecule has 0 aliphatic carbocycles. The van der Waals surface area contributed by atoms with Crippen LogP contribution in [0.15, 0.2) is 46.9 Å². The van der Waals surface area contributed by atoms with Gasteiger partial charge >= 0.3 is 6.09 Å². The molecule has 2 N–H and O–H groups in total. The van der Waals surface area contributed by atoms with Crippen LogP contribution in [0.3, 0.4) is 0 Å². The van der Waals surface area contributed by atoms with Gasteiger partial charge in [-0.2, -0.15) is 8.42 Å². The average molecular weight is 672 g/mol. The van der Waals surface area contributed by atoms with Crippen molar-refractivity contribution in [3.05, 3.63) is 63.6 Å². The second kappa shape index (κ2) is 13.2. The van der Waals surface area contributed by atoms with E-state index in [-0.39, 0.29) is 42.7 Å². The SMILES string of the molecule is CC(C)(C)[Si](C)(C)O[C@H](CNC(=O)c1ccc(Br)cc1OCCOS(C)(=O)=O)[C@@H]1Cc2ccccc2CN1C(=O)O. The molecule has 1 heterocycles. The number of ether oxygens (including phenoxy) is 1. The summed E-state index contributed by atoms with van der Waals surface area (Å²) < 4.78 is 40.4. The molecular weight excluding hydrogens is 632 g/mol. The molecule has 2 atom stereocenters. The third kappa shape index (κ3) is 9.01. The molecule has 10 nitrogen and oxygen atoms in total. The summed E-state index contributed by atoms with van der Waals surface area (Å²) in [5, 5.41) is 12.9. The second-order valence-corrected chi connectivity index (χ2v) is 18.9. The highest BCUT2D eigenvalue weighted by molar-refractivity contribution is 9.10. The molecule has 1 aliphatic rings. The number of rotatable bonds is 11. The number of carbonyl (C=O) groups is 2. The fourth-order valence-corrected chi connectivity index (χ4v) is 6.39. The topological polar surface area (TPSA) is 131 Å². The Morgan fingerprint density at radius 1 is 1.15 bits per heavy atom. The fraction of sp³-hybridized carbons (Fsp3) is 0.500. The van der Waals surface area contributed by atoms with Gasteiger partial charge in [0, 0.05) is 17.6 Å². The molecule has 0 fully saturated rings. The predicted molar refractivity (Wildman–Crippen MR) is 162 cm³/mol. The molecule has 3 rings (SSSR count). The first-order valence-corrected chi connectivity index (χ1v) is 18.8. The van der Waals surface area contributed by atoms with Crippen molar-refractivity contribution in [3.8, 4) is 5.75 Å². The van der Waals surface area contributed by atoms with Crippen LogP contribution in [0, 0.1) is 0 Å². The number of amides is 2. The van der Waals surface area contributed by atoms with E-state index in [0.717, 1.165) is 17.4 Å². The van der Waals surface area contributed by atoms with Crippen LogP contribution >= 0.6 is 15.9 Å². The number of nitrogens with one attached hydrogen (secondary N) is 1. The Morgan fingerprint density at radius 2 is 1.80 bits per heavy atom. The minimum atomic E-state index is -3.62. The standard InChI is InChI=1S/C28H39BrN2O8SSi/c1-28(2,3)41(5,6)39-25(23-15-19-9-7-8-10-20(19)18-31(23)27(33)34)17-30-26(32)22-12-11-21(29)16-24(22)37-13-14-38-40(4,35)36/h7-12,16,23,25H,13-15,17-18H2,1-6H3,(H,30,32)(H,33,34)/t23-,25+/m0/s1. The van der Waals surface area contributed by atoms with Gasteiger partial charge in [-0.15, -0.1) is 0 Å². The lowest BCUT2D eigenvalue weighted by molar-refractivity contribution is 0.0438. The molecule has 2 amide bonds. The molecule has 41 heavy (non-hydrogen) atoms. The second-order valence-electron chi connectivity index (χ2n) is 11.6. The Labute approximate surface area is 251 Å². The molecule has 0 saturated carbocycles. The van der Waals surface area contributed by atoms with Gasteiger partial charge in [0.1, 0.15) is 19.0 Å². The number of hydrogen-bond acceptors (Lipinski definition) is 7. The Hall–Kier alpha value is -2.45. The number of carboxylic acid groups (broad SMARTS) is 1. The van der Waals surface area contributed by atoms with Crippen LogP contribution in [-0.4, -0.2) is 76.9 Å². The van der Waals surface area contributed by atoms with Crippen molar-refractivity contribution in [2.75, 3.05) is 26.0 Å². The maximum atomic E-state index is 13.4. The minimum Gasteiger partial charge on any atom is -0.490 e. The van der Waals surface area contributed by atoms with E-state index in [1.807, 2.05) is 24.3 Å². The van der Waals surface area contributed by atoms with Crippen molar-refractivity contribution in [1.29, 1.82) is 0 Å². The molecule has 0 radical (unpaired) electrons. The van der Waals surface area contributed by atoms with Crippen LogP contribution in [0.25, 0.3) is 0 Å². The smallest absolute Gasteiger partial charge is 0.407 e. The minimum absolute atomic E-state index is 0.0780. The molecule has 2 aromatic carbocycles. The van der Waals surface area contributed by atoms with E-state index in [2.05, 4.69) is 55.1 Å². The first-order chi connectivity index (χ1) is 19.0. The van der Waals surface area contributed by atoms with Gasteiger partial charge in [-0.1, -0.05) is 61.0 Å². The van der Waals surface area contributed by atoms with E-state index in [4.69, 9.17) is 13.3 Å². The van der Waals surface area contributed by atoms with E-state index in [0.29, 0.717) is 10.9 Å². The highest BCUT2D eigenvalue weighted by atomic mass is 79.9. The van der Waals surface area contributed by atoms with Crippen molar-refractivity contribution in [2.45, 2.75) is 64.0 Å². The number of nitrogens with zero attached hydrogens (tertiary/aromatic N) is 1. The molecule has 0 bridgehead atoms. The first kappa shape index (κ1) is 33.1. The van der Waals surface area contributed by atoms with Gasteiger partial charge in [-0.3, -0.25) is 13.9 Å². The van der Waals surface area contributed by atoms with Crippen LogP contribution < -0.4 is 10.1 Å². The normalized spacial score (nSPS) is 16.6. The van der Waals surface area contributed by atoms with Gasteiger partial charge < -0.3 is 19.6 Å². The summed E-state index contributed by atoms with van der Waals surface area (Å²) in [7, 11) is -6.00. The third-order valence-electron chi connectivity index (χ3n) is 7.51. The molecule has 0 unspecified atom stereocenters. The zero-order chi connectivity index (χ0) is 30.6. The van der Waals surface area contributed by atoms with Crippen molar-refractivity contribution in [2.24, 2.45) is 0 Å². The summed E-state index contributed by atoms with van der Waals surface area (Å²) in [6.45, 7) is 10.6. The quantitative estimate of drug-likeness (QED) is 0.193. The molecule has 13 heteroatoms. The summed E-state index contributed by atoms with van der Waals surface area (Å²) in [6.07, 6.45) is -0.235. The molecule has 1 aliphatic heterocycles. The first-order valence-electron chi connectivity index (χ1n) is 13.3. The predicted octanol–water partition coefficient (Wildman–Crippen LogP) is 5.03.